The Hall–Kier alpha value is -2.16. The van der Waals surface area contributed by atoms with Crippen molar-refractivity contribution in [3.8, 4) is 0 Å². The lowest BCUT2D eigenvalue weighted by molar-refractivity contribution is -0.119. The van der Waals surface area contributed by atoms with E-state index in [0.29, 0.717) is 30.5 Å². The molecule has 0 radical (unpaired) electrons. The zero-order valence-corrected chi connectivity index (χ0v) is 15.8. The van der Waals surface area contributed by atoms with Crippen molar-refractivity contribution in [2.24, 2.45) is 5.92 Å². The van der Waals surface area contributed by atoms with Crippen LogP contribution in [0, 0.1) is 17.6 Å². The Morgan fingerprint density at radius 2 is 1.82 bits per heavy atom. The molecule has 0 bridgehead atoms. The van der Waals surface area contributed by atoms with Gasteiger partial charge in [-0.3, -0.25) is 4.79 Å². The molecule has 2 fully saturated rings. The van der Waals surface area contributed by atoms with E-state index in [-0.39, 0.29) is 12.5 Å². The highest BCUT2D eigenvalue weighted by Gasteiger charge is 2.52. The van der Waals surface area contributed by atoms with Crippen LogP contribution in [0.5, 0.6) is 0 Å². The van der Waals surface area contributed by atoms with E-state index in [0.717, 1.165) is 0 Å². The summed E-state index contributed by atoms with van der Waals surface area (Å²) in [6.07, 6.45) is 1.53. The molecule has 2 aromatic carbocycles. The normalized spacial score (nSPS) is 24.7. The first kappa shape index (κ1) is 19.2. The molecule has 0 spiro atoms. The van der Waals surface area contributed by atoms with Crippen LogP contribution in [0.1, 0.15) is 30.9 Å². The Morgan fingerprint density at radius 3 is 2.46 bits per heavy atom. The Morgan fingerprint density at radius 1 is 1.11 bits per heavy atom. The molecule has 2 aliphatic rings. The van der Waals surface area contributed by atoms with Gasteiger partial charge >= 0.3 is 0 Å². The third-order valence-corrected chi connectivity index (χ3v) is 7.62. The number of nitrogens with one attached hydrogen (secondary N) is 1. The third-order valence-electron chi connectivity index (χ3n) is 5.25. The van der Waals surface area contributed by atoms with Crippen LogP contribution < -0.4 is 5.32 Å². The number of sulfonamides is 1. The molecule has 1 saturated heterocycles. The first-order chi connectivity index (χ1) is 13.3. The lowest BCUT2D eigenvalue weighted by Crippen LogP contribution is -2.40. The molecular weight excluding hydrogens is 386 g/mol. The average molecular weight is 406 g/mol. The Balaban J connectivity index is 1.57. The second kappa shape index (κ2) is 7.35. The number of nitrogens with zero attached hydrogens (tertiary/aromatic N) is 1. The van der Waals surface area contributed by atoms with Gasteiger partial charge in [0, 0.05) is 18.5 Å². The lowest BCUT2D eigenvalue weighted by atomic mass is 9.99. The van der Waals surface area contributed by atoms with Gasteiger partial charge in [0.05, 0.1) is 18.5 Å². The minimum Gasteiger partial charge on any atom is -0.597 e. The minimum atomic E-state index is -3.52. The second-order valence-electron chi connectivity index (χ2n) is 7.31. The van der Waals surface area contributed by atoms with Gasteiger partial charge in [0.1, 0.15) is 27.3 Å². The molecular formula is C20H20F2N2O3S. The van der Waals surface area contributed by atoms with Crippen molar-refractivity contribution >= 4 is 22.0 Å². The molecule has 1 unspecified atom stereocenters. The molecule has 0 aromatic heterocycles. The summed E-state index contributed by atoms with van der Waals surface area (Å²) in [5, 5.41) is 2.26. The topological polar surface area (TPSA) is 72.5 Å². The van der Waals surface area contributed by atoms with Gasteiger partial charge < -0.3 is 9.87 Å². The van der Waals surface area contributed by atoms with Crippen LogP contribution in [0.3, 0.4) is 0 Å². The van der Waals surface area contributed by atoms with Gasteiger partial charge in [-0.1, -0.05) is 22.4 Å². The number of carbonyl (C=O) groups is 1. The monoisotopic (exact) mass is 406 g/mol. The molecule has 1 heterocycles. The van der Waals surface area contributed by atoms with Crippen molar-refractivity contribution in [2.45, 2.75) is 30.6 Å². The summed E-state index contributed by atoms with van der Waals surface area (Å²) in [7, 11) is -3.52. The number of amides is 1. The number of halogens is 2. The van der Waals surface area contributed by atoms with Gasteiger partial charge in [-0.25, -0.2) is 8.78 Å². The fourth-order valence-corrected chi connectivity index (χ4v) is 5.70. The van der Waals surface area contributed by atoms with Crippen molar-refractivity contribution in [1.82, 2.24) is 4.31 Å². The lowest BCUT2D eigenvalue weighted by Gasteiger charge is -2.29. The summed E-state index contributed by atoms with van der Waals surface area (Å²) in [6.45, 7) is 0.0576. The van der Waals surface area contributed by atoms with Gasteiger partial charge in [-0.2, -0.15) is 0 Å². The van der Waals surface area contributed by atoms with Crippen molar-refractivity contribution in [3.63, 3.8) is 0 Å². The quantitative estimate of drug-likeness (QED) is 0.770. The van der Waals surface area contributed by atoms with Crippen molar-refractivity contribution < 1.29 is 22.3 Å². The number of benzene rings is 2. The number of rotatable bonds is 5. The van der Waals surface area contributed by atoms with Gasteiger partial charge in [-0.15, -0.1) is 4.31 Å². The van der Waals surface area contributed by atoms with Crippen LogP contribution in [-0.2, 0) is 19.4 Å². The molecule has 1 aliphatic heterocycles. The molecule has 3 atom stereocenters. The Labute approximate surface area is 163 Å². The fraction of sp³-hybridized carbons (Fsp3) is 0.350. The van der Waals surface area contributed by atoms with E-state index in [1.165, 1.54) is 34.6 Å². The molecule has 1 saturated carbocycles. The Kier molecular flexibility index (Phi) is 5.03. The number of carbonyl (C=O) groups excluding carboxylic acids is 1. The standard InChI is InChI=1S/C20H20F2N2O3S/c21-15-6-4-13(5-7-15)19-10-14(12-24(19)28(26,27)18-8-9-18)20(25)23-17-3-1-2-16(22)11-17/h1-7,11,14,18-19H,8-10,12H2,(H-,23,25,26,27)/t14-,19-/m1/s1. The van der Waals surface area contributed by atoms with Crippen LogP contribution in [-0.4, -0.2) is 26.6 Å². The summed E-state index contributed by atoms with van der Waals surface area (Å²) in [6, 6.07) is 10.7. The van der Waals surface area contributed by atoms with E-state index in [9.17, 15) is 22.3 Å². The predicted octanol–water partition coefficient (Wildman–Crippen LogP) is 3.67. The molecule has 4 rings (SSSR count). The first-order valence-electron chi connectivity index (χ1n) is 9.17. The first-order valence-corrected chi connectivity index (χ1v) is 10.7. The maximum Gasteiger partial charge on any atom is 0.229 e. The van der Waals surface area contributed by atoms with Crippen LogP contribution in [0.2, 0.25) is 0 Å². The fourth-order valence-electron chi connectivity index (χ4n) is 3.63. The molecule has 5 nitrogen and oxygen atoms in total. The van der Waals surface area contributed by atoms with E-state index in [1.807, 2.05) is 0 Å². The maximum absolute atomic E-state index is 13.4. The van der Waals surface area contributed by atoms with Crippen molar-refractivity contribution in [3.05, 3.63) is 65.7 Å². The van der Waals surface area contributed by atoms with E-state index >= 15 is 0 Å². The van der Waals surface area contributed by atoms with E-state index in [1.54, 1.807) is 18.2 Å². The Bertz CT molecular complexity index is 933. The SMILES string of the molecule is O=C(Nc1cccc(F)c1)[C@@H]1C[C@H](c2ccc(F)cc2)N([S+](=O)([O-])C2CC2)C1. The zero-order chi connectivity index (χ0) is 19.9. The molecule has 1 amide bonds. The summed E-state index contributed by atoms with van der Waals surface area (Å²) < 4.78 is 53.8. The van der Waals surface area contributed by atoms with Crippen molar-refractivity contribution in [2.75, 3.05) is 11.9 Å². The van der Waals surface area contributed by atoms with Crippen molar-refractivity contribution in [1.29, 1.82) is 0 Å². The summed E-state index contributed by atoms with van der Waals surface area (Å²) in [4.78, 5) is 12.7. The molecule has 28 heavy (non-hydrogen) atoms. The zero-order valence-electron chi connectivity index (χ0n) is 15.0. The smallest absolute Gasteiger partial charge is 0.229 e. The average Bonchev–Trinajstić information content (AvgIpc) is 3.42. The number of anilines is 1. The third kappa shape index (κ3) is 3.85. The van der Waals surface area contributed by atoms with Gasteiger partial charge in [0.25, 0.3) is 0 Å². The highest BCUT2D eigenvalue weighted by Crippen LogP contribution is 2.45. The molecule has 8 heteroatoms. The van der Waals surface area contributed by atoms with Crippen LogP contribution in [0.15, 0.2) is 48.5 Å². The van der Waals surface area contributed by atoms with Gasteiger partial charge in [0.15, 0.2) is 0 Å². The highest BCUT2D eigenvalue weighted by atomic mass is 32.3. The minimum absolute atomic E-state index is 0.0576. The predicted molar refractivity (Wildman–Crippen MR) is 101 cm³/mol. The van der Waals surface area contributed by atoms with Crippen LogP contribution >= 0.6 is 0 Å². The van der Waals surface area contributed by atoms with Crippen LogP contribution in [0.4, 0.5) is 14.5 Å². The van der Waals surface area contributed by atoms with Gasteiger partial charge in [-0.05, 0) is 42.3 Å². The van der Waals surface area contributed by atoms with E-state index in [4.69, 9.17) is 0 Å². The molecule has 2 aromatic rings. The largest absolute Gasteiger partial charge is 0.597 e. The maximum atomic E-state index is 13.4. The summed E-state index contributed by atoms with van der Waals surface area (Å²) in [5.74, 6) is -1.80. The number of hydrogen-bond donors (Lipinski definition) is 1. The molecule has 1 N–H and O–H groups in total. The van der Waals surface area contributed by atoms with Gasteiger partial charge in [0.2, 0.25) is 5.91 Å². The number of hydrogen-bond acceptors (Lipinski definition) is 3. The molecule has 148 valence electrons. The van der Waals surface area contributed by atoms with Crippen LogP contribution in [0.25, 0.3) is 0 Å². The second-order valence-corrected chi connectivity index (χ2v) is 9.48. The summed E-state index contributed by atoms with van der Waals surface area (Å²) >= 11 is 0. The summed E-state index contributed by atoms with van der Waals surface area (Å²) in [5.41, 5.74) is 0.985. The van der Waals surface area contributed by atoms with E-state index < -0.39 is 39.2 Å². The highest BCUT2D eigenvalue weighted by molar-refractivity contribution is 7.96. The van der Waals surface area contributed by atoms with E-state index in [2.05, 4.69) is 5.32 Å². The molecule has 1 aliphatic carbocycles.